The summed E-state index contributed by atoms with van der Waals surface area (Å²) in [6, 6.07) is 2.44. The third kappa shape index (κ3) is 3.74. The highest BCUT2D eigenvalue weighted by atomic mass is 32.1. The summed E-state index contributed by atoms with van der Waals surface area (Å²) < 4.78 is 6.65. The van der Waals surface area contributed by atoms with Crippen LogP contribution in [0, 0.1) is 6.92 Å². The largest absolute Gasteiger partial charge is 0.328 e. The van der Waals surface area contributed by atoms with Gasteiger partial charge in [0.05, 0.1) is 29.5 Å². The Bertz CT molecular complexity index is 1110. The molecule has 1 aliphatic heterocycles. The molecule has 0 bridgehead atoms. The van der Waals surface area contributed by atoms with Crippen molar-refractivity contribution in [2.75, 3.05) is 18.4 Å². The zero-order valence-corrected chi connectivity index (χ0v) is 17.0. The van der Waals surface area contributed by atoms with Crippen LogP contribution >= 0.6 is 11.5 Å². The van der Waals surface area contributed by atoms with Crippen LogP contribution in [-0.4, -0.2) is 53.0 Å². The van der Waals surface area contributed by atoms with E-state index < -0.39 is 0 Å². The lowest BCUT2D eigenvalue weighted by atomic mass is 10.1. The molecule has 5 rings (SSSR count). The molecular formula is C19H23N9S. The van der Waals surface area contributed by atoms with Gasteiger partial charge in [-0.15, -0.1) is 0 Å². The molecule has 4 aromatic rings. The van der Waals surface area contributed by atoms with Gasteiger partial charge in [0.25, 0.3) is 0 Å². The lowest BCUT2D eigenvalue weighted by molar-refractivity contribution is 0.204. The molecule has 0 amide bonds. The topological polar surface area (TPSA) is 113 Å². The number of aromatic amines is 1. The smallest absolute Gasteiger partial charge is 0.180 e. The Morgan fingerprint density at radius 3 is 2.97 bits per heavy atom. The number of anilines is 2. The summed E-state index contributed by atoms with van der Waals surface area (Å²) in [6.07, 6.45) is 9.57. The number of H-pyrrole nitrogens is 1. The lowest BCUT2D eigenvalue weighted by Gasteiger charge is -2.29. The highest BCUT2D eigenvalue weighted by Gasteiger charge is 2.18. The van der Waals surface area contributed by atoms with Crippen LogP contribution in [0.3, 0.4) is 0 Å². The van der Waals surface area contributed by atoms with Crippen molar-refractivity contribution < 1.29 is 0 Å². The molecule has 0 radical (unpaired) electrons. The normalized spacial score (nSPS) is 15.9. The molecule has 0 atom stereocenters. The van der Waals surface area contributed by atoms with Gasteiger partial charge in [0.1, 0.15) is 5.00 Å². The van der Waals surface area contributed by atoms with E-state index >= 15 is 0 Å². The minimum Gasteiger partial charge on any atom is -0.328 e. The first-order valence-corrected chi connectivity index (χ1v) is 10.5. The van der Waals surface area contributed by atoms with Crippen LogP contribution in [0.15, 0.2) is 30.9 Å². The fourth-order valence-electron chi connectivity index (χ4n) is 3.70. The third-order valence-corrected chi connectivity index (χ3v) is 5.97. The molecule has 0 unspecified atom stereocenters. The molecule has 0 aliphatic carbocycles. The van der Waals surface area contributed by atoms with Gasteiger partial charge < -0.3 is 11.1 Å². The SMILES string of the molecule is Cc1cn2c(-c3cn[nH]c3)cnc2c(Nc2cc(CN3CCC(N)CC3)ns2)n1. The lowest BCUT2D eigenvalue weighted by Crippen LogP contribution is -2.39. The van der Waals surface area contributed by atoms with E-state index in [1.165, 1.54) is 11.5 Å². The average molecular weight is 410 g/mol. The van der Waals surface area contributed by atoms with Gasteiger partial charge in [-0.1, -0.05) is 0 Å². The summed E-state index contributed by atoms with van der Waals surface area (Å²) in [5.74, 6) is 0.721. The van der Waals surface area contributed by atoms with Gasteiger partial charge in [-0.05, 0) is 37.4 Å². The molecule has 4 aromatic heterocycles. The second-order valence-electron chi connectivity index (χ2n) is 7.48. The fourth-order valence-corrected chi connectivity index (χ4v) is 4.36. The highest BCUT2D eigenvalue weighted by Crippen LogP contribution is 2.27. The molecular weight excluding hydrogens is 386 g/mol. The fraction of sp³-hybridized carbons (Fsp3) is 0.368. The number of aryl methyl sites for hydroxylation is 1. The molecule has 1 aliphatic rings. The molecule has 5 heterocycles. The number of piperidine rings is 1. The number of fused-ring (bicyclic) bond motifs is 1. The van der Waals surface area contributed by atoms with Crippen molar-refractivity contribution in [1.29, 1.82) is 0 Å². The van der Waals surface area contributed by atoms with E-state index in [1.54, 1.807) is 6.20 Å². The number of likely N-dealkylation sites (tertiary alicyclic amines) is 1. The number of aromatic nitrogens is 6. The van der Waals surface area contributed by atoms with Gasteiger partial charge in [0, 0.05) is 43.6 Å². The Morgan fingerprint density at radius 1 is 1.31 bits per heavy atom. The van der Waals surface area contributed by atoms with E-state index in [9.17, 15) is 0 Å². The summed E-state index contributed by atoms with van der Waals surface area (Å²) >= 11 is 1.45. The van der Waals surface area contributed by atoms with Gasteiger partial charge in [-0.3, -0.25) is 14.4 Å². The molecule has 9 nitrogen and oxygen atoms in total. The van der Waals surface area contributed by atoms with E-state index in [-0.39, 0.29) is 0 Å². The molecule has 1 fully saturated rings. The summed E-state index contributed by atoms with van der Waals surface area (Å²) in [5.41, 5.74) is 10.7. The third-order valence-electron chi connectivity index (χ3n) is 5.23. The Kier molecular flexibility index (Phi) is 4.74. The van der Waals surface area contributed by atoms with Crippen molar-refractivity contribution >= 4 is 28.0 Å². The van der Waals surface area contributed by atoms with E-state index in [2.05, 4.69) is 40.8 Å². The Balaban J connectivity index is 1.37. The maximum atomic E-state index is 6.00. The number of nitrogens with zero attached hydrogens (tertiary/aromatic N) is 6. The van der Waals surface area contributed by atoms with Crippen LogP contribution in [0.2, 0.25) is 0 Å². The molecule has 0 aromatic carbocycles. The Morgan fingerprint density at radius 2 is 2.17 bits per heavy atom. The van der Waals surface area contributed by atoms with Gasteiger partial charge >= 0.3 is 0 Å². The molecule has 0 saturated carbocycles. The van der Waals surface area contributed by atoms with Gasteiger partial charge in [0.15, 0.2) is 11.5 Å². The molecule has 4 N–H and O–H groups in total. The minimum atomic E-state index is 0.343. The predicted molar refractivity (Wildman–Crippen MR) is 113 cm³/mol. The van der Waals surface area contributed by atoms with Crippen molar-refractivity contribution in [2.45, 2.75) is 32.4 Å². The van der Waals surface area contributed by atoms with Crippen LogP contribution < -0.4 is 11.1 Å². The van der Waals surface area contributed by atoms with Crippen LogP contribution in [-0.2, 0) is 6.54 Å². The van der Waals surface area contributed by atoms with E-state index in [0.29, 0.717) is 6.04 Å². The van der Waals surface area contributed by atoms with Crippen LogP contribution in [0.5, 0.6) is 0 Å². The molecule has 10 heteroatoms. The van der Waals surface area contributed by atoms with Crippen molar-refractivity contribution in [1.82, 2.24) is 33.8 Å². The Labute approximate surface area is 172 Å². The van der Waals surface area contributed by atoms with Crippen molar-refractivity contribution in [3.8, 4) is 11.3 Å². The van der Waals surface area contributed by atoms with Crippen LogP contribution in [0.4, 0.5) is 10.8 Å². The van der Waals surface area contributed by atoms with Crippen LogP contribution in [0.1, 0.15) is 24.2 Å². The Hall–Kier alpha value is -2.82. The molecule has 0 spiro atoms. The number of hydrogen-bond acceptors (Lipinski definition) is 8. The average Bonchev–Trinajstić information content (AvgIpc) is 3.44. The summed E-state index contributed by atoms with van der Waals surface area (Å²) in [6.45, 7) is 4.90. The quantitative estimate of drug-likeness (QED) is 0.464. The van der Waals surface area contributed by atoms with Gasteiger partial charge in [0.2, 0.25) is 0 Å². The van der Waals surface area contributed by atoms with E-state index in [1.807, 2.05) is 29.9 Å². The number of nitrogens with two attached hydrogens (primary N) is 1. The van der Waals surface area contributed by atoms with E-state index in [0.717, 1.165) is 71.6 Å². The summed E-state index contributed by atoms with van der Waals surface area (Å²) in [7, 11) is 0. The van der Waals surface area contributed by atoms with Gasteiger partial charge in [-0.25, -0.2) is 9.97 Å². The monoisotopic (exact) mass is 409 g/mol. The number of rotatable bonds is 5. The first-order chi connectivity index (χ1) is 14.2. The summed E-state index contributed by atoms with van der Waals surface area (Å²) in [5, 5.41) is 11.3. The number of imidazole rings is 1. The van der Waals surface area contributed by atoms with Crippen molar-refractivity contribution in [2.24, 2.45) is 5.73 Å². The van der Waals surface area contributed by atoms with Crippen molar-refractivity contribution in [3.05, 3.63) is 42.2 Å². The first kappa shape index (κ1) is 18.2. The highest BCUT2D eigenvalue weighted by molar-refractivity contribution is 7.10. The molecule has 1 saturated heterocycles. The van der Waals surface area contributed by atoms with Crippen molar-refractivity contribution in [3.63, 3.8) is 0 Å². The second kappa shape index (κ2) is 7.54. The predicted octanol–water partition coefficient (Wildman–Crippen LogP) is 2.55. The maximum absolute atomic E-state index is 6.00. The molecule has 29 heavy (non-hydrogen) atoms. The van der Waals surface area contributed by atoms with Crippen LogP contribution in [0.25, 0.3) is 16.9 Å². The standard InChI is InChI=1S/C19H23N9S/c1-12-10-28-16(13-7-22-23-8-13)9-21-19(28)18(24-12)25-17-6-15(26-29-17)11-27-4-2-14(20)3-5-27/h6-10,14H,2-5,11,20H2,1H3,(H,22,23)(H,24,25). The minimum absolute atomic E-state index is 0.343. The van der Waals surface area contributed by atoms with Gasteiger partial charge in [-0.2, -0.15) is 9.47 Å². The zero-order chi connectivity index (χ0) is 19.8. The number of hydrogen-bond donors (Lipinski definition) is 3. The van der Waals surface area contributed by atoms with E-state index in [4.69, 9.17) is 5.73 Å². The number of nitrogens with one attached hydrogen (secondary N) is 2. The molecule has 150 valence electrons. The second-order valence-corrected chi connectivity index (χ2v) is 8.28. The summed E-state index contributed by atoms with van der Waals surface area (Å²) in [4.78, 5) is 11.7. The maximum Gasteiger partial charge on any atom is 0.180 e. The first-order valence-electron chi connectivity index (χ1n) is 9.70. The zero-order valence-electron chi connectivity index (χ0n) is 16.2.